The third-order valence-electron chi connectivity index (χ3n) is 6.61. The summed E-state index contributed by atoms with van der Waals surface area (Å²) < 4.78 is 0. The molecule has 3 heterocycles. The molecule has 1 atom stereocenters. The Kier molecular flexibility index (Phi) is 4.81. The zero-order valence-electron chi connectivity index (χ0n) is 16.4. The van der Waals surface area contributed by atoms with Crippen LogP contribution < -0.4 is 4.90 Å². The van der Waals surface area contributed by atoms with Gasteiger partial charge in [0.2, 0.25) is 5.91 Å². The maximum absolute atomic E-state index is 12.6. The molecule has 3 aliphatic rings. The van der Waals surface area contributed by atoms with Crippen molar-refractivity contribution in [2.24, 2.45) is 5.92 Å². The molecule has 27 heavy (non-hydrogen) atoms. The molecule has 6 heteroatoms. The number of aromatic nitrogens is 1. The van der Waals surface area contributed by atoms with Crippen LogP contribution in [0.15, 0.2) is 12.1 Å². The van der Waals surface area contributed by atoms with Gasteiger partial charge >= 0.3 is 0 Å². The second-order valence-corrected chi connectivity index (χ2v) is 8.54. The Hall–Kier alpha value is -2.13. The van der Waals surface area contributed by atoms with Crippen molar-refractivity contribution in [3.05, 3.63) is 23.4 Å². The third-order valence-corrected chi connectivity index (χ3v) is 6.61. The SMILES string of the molecule is Cc1ccc(C#N)c(N2CCN(C)C3(CCC(=O)N(CC4CC4)CC3)C2)n1. The van der Waals surface area contributed by atoms with E-state index in [1.807, 2.05) is 19.1 Å². The molecule has 1 aromatic rings. The van der Waals surface area contributed by atoms with Crippen LogP contribution in [-0.4, -0.2) is 66.0 Å². The number of amides is 1. The van der Waals surface area contributed by atoms with E-state index in [0.29, 0.717) is 17.9 Å². The molecule has 3 fully saturated rings. The molecular weight excluding hydrogens is 338 g/mol. The van der Waals surface area contributed by atoms with Gasteiger partial charge in [0.25, 0.3) is 0 Å². The number of anilines is 1. The molecule has 1 spiro atoms. The highest BCUT2D eigenvalue weighted by Gasteiger charge is 2.43. The molecule has 1 aliphatic carbocycles. The smallest absolute Gasteiger partial charge is 0.222 e. The summed E-state index contributed by atoms with van der Waals surface area (Å²) in [7, 11) is 2.19. The van der Waals surface area contributed by atoms with E-state index >= 15 is 0 Å². The molecule has 4 rings (SSSR count). The van der Waals surface area contributed by atoms with Crippen molar-refractivity contribution in [1.82, 2.24) is 14.8 Å². The summed E-state index contributed by atoms with van der Waals surface area (Å²) in [5.74, 6) is 1.85. The lowest BCUT2D eigenvalue weighted by Gasteiger charge is -2.49. The summed E-state index contributed by atoms with van der Waals surface area (Å²) in [6.07, 6.45) is 5.05. The normalized spacial score (nSPS) is 26.9. The summed E-state index contributed by atoms with van der Waals surface area (Å²) in [5, 5.41) is 9.52. The molecule has 1 saturated carbocycles. The van der Waals surface area contributed by atoms with E-state index in [4.69, 9.17) is 0 Å². The Morgan fingerprint density at radius 3 is 2.81 bits per heavy atom. The molecule has 2 saturated heterocycles. The van der Waals surface area contributed by atoms with Crippen molar-refractivity contribution in [3.8, 4) is 6.07 Å². The number of likely N-dealkylation sites (N-methyl/N-ethyl adjacent to an activating group) is 1. The van der Waals surface area contributed by atoms with Gasteiger partial charge < -0.3 is 9.80 Å². The van der Waals surface area contributed by atoms with Crippen LogP contribution in [-0.2, 0) is 4.79 Å². The number of carbonyl (C=O) groups excluding carboxylic acids is 1. The zero-order chi connectivity index (χ0) is 19.0. The van der Waals surface area contributed by atoms with E-state index in [1.54, 1.807) is 0 Å². The Bertz CT molecular complexity index is 768. The minimum Gasteiger partial charge on any atom is -0.352 e. The van der Waals surface area contributed by atoms with Crippen LogP contribution in [0.5, 0.6) is 0 Å². The molecule has 0 radical (unpaired) electrons. The molecule has 6 nitrogen and oxygen atoms in total. The third kappa shape index (κ3) is 3.66. The number of rotatable bonds is 3. The fraction of sp³-hybridized carbons (Fsp3) is 0.667. The summed E-state index contributed by atoms with van der Waals surface area (Å²) >= 11 is 0. The fourth-order valence-corrected chi connectivity index (χ4v) is 4.55. The first-order valence-corrected chi connectivity index (χ1v) is 10.1. The van der Waals surface area contributed by atoms with Gasteiger partial charge in [-0.05, 0) is 57.7 Å². The number of hydrogen-bond acceptors (Lipinski definition) is 5. The molecular formula is C21H29N5O. The number of nitriles is 1. The van der Waals surface area contributed by atoms with Crippen molar-refractivity contribution in [2.75, 3.05) is 44.7 Å². The molecule has 1 amide bonds. The van der Waals surface area contributed by atoms with Gasteiger partial charge in [-0.2, -0.15) is 5.26 Å². The molecule has 144 valence electrons. The maximum atomic E-state index is 12.6. The average molecular weight is 367 g/mol. The zero-order valence-corrected chi connectivity index (χ0v) is 16.4. The van der Waals surface area contributed by atoms with E-state index in [0.717, 1.165) is 63.0 Å². The second-order valence-electron chi connectivity index (χ2n) is 8.54. The van der Waals surface area contributed by atoms with E-state index in [1.165, 1.54) is 12.8 Å². The van der Waals surface area contributed by atoms with E-state index < -0.39 is 0 Å². The van der Waals surface area contributed by atoms with Crippen LogP contribution in [0.3, 0.4) is 0 Å². The molecule has 2 aliphatic heterocycles. The summed E-state index contributed by atoms with van der Waals surface area (Å²) in [6.45, 7) is 6.39. The quantitative estimate of drug-likeness (QED) is 0.819. The van der Waals surface area contributed by atoms with Gasteiger partial charge in [-0.25, -0.2) is 4.98 Å². The van der Waals surface area contributed by atoms with E-state index in [2.05, 4.69) is 32.8 Å². The standard InChI is InChI=1S/C21H29N5O/c1-16-3-6-18(13-22)20(23-16)26-12-11-24(2)21(15-26)8-7-19(27)25(10-9-21)14-17-4-5-17/h3,6,17H,4-5,7-12,14-15H2,1-2H3. The van der Waals surface area contributed by atoms with Gasteiger partial charge in [0.05, 0.1) is 5.56 Å². The Morgan fingerprint density at radius 2 is 2.07 bits per heavy atom. The Labute approximate surface area is 161 Å². The highest BCUT2D eigenvalue weighted by molar-refractivity contribution is 5.76. The van der Waals surface area contributed by atoms with Gasteiger partial charge in [-0.3, -0.25) is 9.69 Å². The van der Waals surface area contributed by atoms with E-state index in [-0.39, 0.29) is 5.54 Å². The lowest BCUT2D eigenvalue weighted by Crippen LogP contribution is -2.61. The highest BCUT2D eigenvalue weighted by atomic mass is 16.2. The van der Waals surface area contributed by atoms with Crippen molar-refractivity contribution in [2.45, 2.75) is 44.6 Å². The maximum Gasteiger partial charge on any atom is 0.222 e. The average Bonchev–Trinajstić information content (AvgIpc) is 3.50. The molecule has 1 unspecified atom stereocenters. The first kappa shape index (κ1) is 18.2. The first-order chi connectivity index (χ1) is 13.0. The summed E-state index contributed by atoms with van der Waals surface area (Å²) in [5.41, 5.74) is 1.55. The largest absolute Gasteiger partial charge is 0.352 e. The highest BCUT2D eigenvalue weighted by Crippen LogP contribution is 2.36. The first-order valence-electron chi connectivity index (χ1n) is 10.1. The monoisotopic (exact) mass is 367 g/mol. The van der Waals surface area contributed by atoms with Gasteiger partial charge in [-0.1, -0.05) is 0 Å². The second kappa shape index (κ2) is 7.12. The molecule has 0 aromatic carbocycles. The number of aryl methyl sites for hydroxylation is 1. The Morgan fingerprint density at radius 1 is 1.26 bits per heavy atom. The lowest BCUT2D eigenvalue weighted by molar-refractivity contribution is -0.130. The Balaban J connectivity index is 1.56. The number of piperazine rings is 1. The van der Waals surface area contributed by atoms with Gasteiger partial charge in [0.15, 0.2) is 0 Å². The number of nitrogens with zero attached hydrogens (tertiary/aromatic N) is 5. The minimum atomic E-state index is -0.0234. The van der Waals surface area contributed by atoms with Crippen molar-refractivity contribution >= 4 is 11.7 Å². The fourth-order valence-electron chi connectivity index (χ4n) is 4.55. The van der Waals surface area contributed by atoms with Crippen LogP contribution in [0.4, 0.5) is 5.82 Å². The topological polar surface area (TPSA) is 63.5 Å². The van der Waals surface area contributed by atoms with Crippen LogP contribution >= 0.6 is 0 Å². The van der Waals surface area contributed by atoms with E-state index in [9.17, 15) is 10.1 Å². The van der Waals surface area contributed by atoms with Crippen LogP contribution in [0.25, 0.3) is 0 Å². The lowest BCUT2D eigenvalue weighted by atomic mass is 9.86. The van der Waals surface area contributed by atoms with Gasteiger partial charge in [-0.15, -0.1) is 0 Å². The summed E-state index contributed by atoms with van der Waals surface area (Å²) in [6, 6.07) is 6.07. The molecule has 0 N–H and O–H groups in total. The van der Waals surface area contributed by atoms with Crippen molar-refractivity contribution in [3.63, 3.8) is 0 Å². The number of carbonyl (C=O) groups is 1. The van der Waals surface area contributed by atoms with Crippen LogP contribution in [0.1, 0.15) is 43.4 Å². The van der Waals surface area contributed by atoms with Gasteiger partial charge in [0, 0.05) is 50.4 Å². The molecule has 0 bridgehead atoms. The number of likely N-dealkylation sites (tertiary alicyclic amines) is 1. The number of hydrogen-bond donors (Lipinski definition) is 0. The number of pyridine rings is 1. The molecule has 1 aromatic heterocycles. The predicted octanol–water partition coefficient (Wildman–Crippen LogP) is 2.17. The van der Waals surface area contributed by atoms with Crippen molar-refractivity contribution in [1.29, 1.82) is 5.26 Å². The van der Waals surface area contributed by atoms with Gasteiger partial charge in [0.1, 0.15) is 11.9 Å². The van der Waals surface area contributed by atoms with Crippen molar-refractivity contribution < 1.29 is 4.79 Å². The van der Waals surface area contributed by atoms with Crippen LogP contribution in [0.2, 0.25) is 0 Å². The summed E-state index contributed by atoms with van der Waals surface area (Å²) in [4.78, 5) is 24.1. The van der Waals surface area contributed by atoms with Crippen LogP contribution in [0, 0.1) is 24.2 Å². The minimum absolute atomic E-state index is 0.0234. The predicted molar refractivity (Wildman–Crippen MR) is 104 cm³/mol.